The SMILES string of the molecule is O=C(Nc1cccc(OCC2CCCO2)c1)c1cccc(CN2CCCC2)c1. The summed E-state index contributed by atoms with van der Waals surface area (Å²) >= 11 is 0. The number of benzene rings is 2. The van der Waals surface area contributed by atoms with Gasteiger partial charge in [0.2, 0.25) is 0 Å². The second-order valence-electron chi connectivity index (χ2n) is 7.61. The molecule has 0 aliphatic carbocycles. The van der Waals surface area contributed by atoms with Crippen LogP contribution in [0.5, 0.6) is 5.75 Å². The molecule has 148 valence electrons. The van der Waals surface area contributed by atoms with Gasteiger partial charge in [0, 0.05) is 30.5 Å². The highest BCUT2D eigenvalue weighted by Crippen LogP contribution is 2.21. The maximum Gasteiger partial charge on any atom is 0.255 e. The number of rotatable bonds is 7. The molecule has 2 aliphatic heterocycles. The third-order valence-corrected chi connectivity index (χ3v) is 5.35. The van der Waals surface area contributed by atoms with Crippen LogP contribution in [0, 0.1) is 0 Å². The Labute approximate surface area is 166 Å². The molecule has 2 heterocycles. The summed E-state index contributed by atoms with van der Waals surface area (Å²) in [7, 11) is 0. The zero-order valence-electron chi connectivity index (χ0n) is 16.2. The Morgan fingerprint density at radius 1 is 1.11 bits per heavy atom. The smallest absolute Gasteiger partial charge is 0.255 e. The van der Waals surface area contributed by atoms with E-state index in [1.807, 2.05) is 42.5 Å². The summed E-state index contributed by atoms with van der Waals surface area (Å²) in [5.41, 5.74) is 2.60. The number of amides is 1. The summed E-state index contributed by atoms with van der Waals surface area (Å²) in [5.74, 6) is 0.649. The van der Waals surface area contributed by atoms with Gasteiger partial charge in [-0.25, -0.2) is 0 Å². The van der Waals surface area contributed by atoms with Crippen LogP contribution in [0.25, 0.3) is 0 Å². The summed E-state index contributed by atoms with van der Waals surface area (Å²) in [6, 6.07) is 15.4. The second kappa shape index (κ2) is 9.22. The molecule has 5 nitrogen and oxygen atoms in total. The molecule has 2 saturated heterocycles. The Kier molecular flexibility index (Phi) is 6.24. The van der Waals surface area contributed by atoms with Crippen LogP contribution in [-0.2, 0) is 11.3 Å². The van der Waals surface area contributed by atoms with E-state index >= 15 is 0 Å². The minimum Gasteiger partial charge on any atom is -0.491 e. The minimum atomic E-state index is -0.0976. The molecule has 28 heavy (non-hydrogen) atoms. The maximum absolute atomic E-state index is 12.7. The fraction of sp³-hybridized carbons (Fsp3) is 0.435. The van der Waals surface area contributed by atoms with Crippen LogP contribution in [0.1, 0.15) is 41.6 Å². The third kappa shape index (κ3) is 5.12. The third-order valence-electron chi connectivity index (χ3n) is 5.35. The van der Waals surface area contributed by atoms with Gasteiger partial charge in [0.1, 0.15) is 12.4 Å². The molecule has 0 aromatic heterocycles. The standard InChI is InChI=1S/C23H28N2O3/c26-23(19-7-3-6-18(14-19)16-25-11-1-2-12-25)24-20-8-4-9-21(15-20)28-17-22-10-5-13-27-22/h3-4,6-9,14-15,22H,1-2,5,10-13,16-17H2,(H,24,26). The van der Waals surface area contributed by atoms with E-state index in [-0.39, 0.29) is 12.0 Å². The Morgan fingerprint density at radius 2 is 1.96 bits per heavy atom. The fourth-order valence-corrected chi connectivity index (χ4v) is 3.84. The molecule has 0 radical (unpaired) electrons. The minimum absolute atomic E-state index is 0.0976. The molecule has 0 saturated carbocycles. The van der Waals surface area contributed by atoms with E-state index in [9.17, 15) is 4.79 Å². The molecule has 2 aliphatic rings. The number of hydrogen-bond acceptors (Lipinski definition) is 4. The van der Waals surface area contributed by atoms with Gasteiger partial charge in [-0.1, -0.05) is 18.2 Å². The number of carbonyl (C=O) groups is 1. The van der Waals surface area contributed by atoms with Crippen molar-refractivity contribution >= 4 is 11.6 Å². The second-order valence-corrected chi connectivity index (χ2v) is 7.61. The first kappa shape index (κ1) is 19.0. The number of hydrogen-bond donors (Lipinski definition) is 1. The lowest BCUT2D eigenvalue weighted by atomic mass is 10.1. The van der Waals surface area contributed by atoms with Crippen molar-refractivity contribution in [1.82, 2.24) is 4.90 Å². The van der Waals surface area contributed by atoms with Gasteiger partial charge in [-0.05, 0) is 68.6 Å². The monoisotopic (exact) mass is 380 g/mol. The van der Waals surface area contributed by atoms with Gasteiger partial charge in [0.15, 0.2) is 0 Å². The number of carbonyl (C=O) groups excluding carboxylic acids is 1. The van der Waals surface area contributed by atoms with E-state index in [1.54, 1.807) is 0 Å². The van der Waals surface area contributed by atoms with Gasteiger partial charge in [-0.15, -0.1) is 0 Å². The average molecular weight is 380 g/mol. The lowest BCUT2D eigenvalue weighted by molar-refractivity contribution is 0.0680. The highest BCUT2D eigenvalue weighted by molar-refractivity contribution is 6.04. The van der Waals surface area contributed by atoms with Crippen molar-refractivity contribution in [2.75, 3.05) is 31.6 Å². The molecule has 0 bridgehead atoms. The van der Waals surface area contributed by atoms with E-state index in [0.717, 1.165) is 50.5 Å². The van der Waals surface area contributed by atoms with Crippen LogP contribution in [0.2, 0.25) is 0 Å². The van der Waals surface area contributed by atoms with E-state index in [4.69, 9.17) is 9.47 Å². The van der Waals surface area contributed by atoms with Gasteiger partial charge in [-0.3, -0.25) is 9.69 Å². The maximum atomic E-state index is 12.7. The molecule has 2 aromatic rings. The molecule has 1 amide bonds. The van der Waals surface area contributed by atoms with E-state index in [2.05, 4.69) is 16.3 Å². The van der Waals surface area contributed by atoms with E-state index < -0.39 is 0 Å². The molecule has 1 N–H and O–H groups in total. The van der Waals surface area contributed by atoms with Crippen molar-refractivity contribution in [3.63, 3.8) is 0 Å². The van der Waals surface area contributed by atoms with Crippen molar-refractivity contribution in [3.8, 4) is 5.75 Å². The van der Waals surface area contributed by atoms with Gasteiger partial charge in [0.25, 0.3) is 5.91 Å². The Balaban J connectivity index is 1.35. The summed E-state index contributed by atoms with van der Waals surface area (Å²) < 4.78 is 11.4. The summed E-state index contributed by atoms with van der Waals surface area (Å²) in [4.78, 5) is 15.1. The normalized spacial score (nSPS) is 19.6. The molecule has 2 fully saturated rings. The van der Waals surface area contributed by atoms with E-state index in [1.165, 1.54) is 18.4 Å². The lowest BCUT2D eigenvalue weighted by Crippen LogP contribution is -2.19. The summed E-state index contributed by atoms with van der Waals surface area (Å²) in [5, 5.41) is 2.98. The Bertz CT molecular complexity index is 796. The molecule has 4 rings (SSSR count). The fourth-order valence-electron chi connectivity index (χ4n) is 3.84. The zero-order chi connectivity index (χ0) is 19.2. The van der Waals surface area contributed by atoms with Crippen molar-refractivity contribution < 1.29 is 14.3 Å². The Hall–Kier alpha value is -2.37. The molecule has 2 aromatic carbocycles. The van der Waals surface area contributed by atoms with Gasteiger partial charge in [0.05, 0.1) is 6.10 Å². The first-order chi connectivity index (χ1) is 13.8. The number of anilines is 1. The highest BCUT2D eigenvalue weighted by Gasteiger charge is 2.16. The quantitative estimate of drug-likeness (QED) is 0.786. The van der Waals surface area contributed by atoms with Crippen molar-refractivity contribution in [3.05, 3.63) is 59.7 Å². The summed E-state index contributed by atoms with van der Waals surface area (Å²) in [6.45, 7) is 4.58. The van der Waals surface area contributed by atoms with E-state index in [0.29, 0.717) is 12.2 Å². The predicted octanol–water partition coefficient (Wildman–Crippen LogP) is 4.09. The molecule has 5 heteroatoms. The topological polar surface area (TPSA) is 50.8 Å². The van der Waals surface area contributed by atoms with Crippen molar-refractivity contribution in [2.24, 2.45) is 0 Å². The number of nitrogens with zero attached hydrogens (tertiary/aromatic N) is 1. The molecule has 1 atom stereocenters. The highest BCUT2D eigenvalue weighted by atomic mass is 16.5. The molecule has 0 spiro atoms. The average Bonchev–Trinajstić information content (AvgIpc) is 3.41. The van der Waals surface area contributed by atoms with Crippen molar-refractivity contribution in [2.45, 2.75) is 38.3 Å². The van der Waals surface area contributed by atoms with Crippen LogP contribution in [0.15, 0.2) is 48.5 Å². The lowest BCUT2D eigenvalue weighted by Gasteiger charge is -2.15. The molecular formula is C23H28N2O3. The van der Waals surface area contributed by atoms with Crippen LogP contribution >= 0.6 is 0 Å². The number of nitrogens with one attached hydrogen (secondary N) is 1. The van der Waals surface area contributed by atoms with Gasteiger partial charge >= 0.3 is 0 Å². The Morgan fingerprint density at radius 3 is 2.79 bits per heavy atom. The van der Waals surface area contributed by atoms with Gasteiger partial charge < -0.3 is 14.8 Å². The largest absolute Gasteiger partial charge is 0.491 e. The molecule has 1 unspecified atom stereocenters. The van der Waals surface area contributed by atoms with Crippen LogP contribution < -0.4 is 10.1 Å². The number of likely N-dealkylation sites (tertiary alicyclic amines) is 1. The predicted molar refractivity (Wildman–Crippen MR) is 110 cm³/mol. The first-order valence-electron chi connectivity index (χ1n) is 10.2. The molecular weight excluding hydrogens is 352 g/mol. The van der Waals surface area contributed by atoms with Crippen LogP contribution in [0.4, 0.5) is 5.69 Å². The zero-order valence-corrected chi connectivity index (χ0v) is 16.2. The first-order valence-corrected chi connectivity index (χ1v) is 10.2. The summed E-state index contributed by atoms with van der Waals surface area (Å²) in [6.07, 6.45) is 4.86. The number of ether oxygens (including phenoxy) is 2. The van der Waals surface area contributed by atoms with Gasteiger partial charge in [-0.2, -0.15) is 0 Å². The van der Waals surface area contributed by atoms with Crippen LogP contribution in [-0.4, -0.2) is 43.2 Å². The van der Waals surface area contributed by atoms with Crippen molar-refractivity contribution in [1.29, 1.82) is 0 Å². The van der Waals surface area contributed by atoms with Crippen LogP contribution in [0.3, 0.4) is 0 Å².